The third kappa shape index (κ3) is 3.42. The van der Waals surface area contributed by atoms with Gasteiger partial charge in [0.2, 0.25) is 10.0 Å². The maximum Gasteiger partial charge on any atom is 0.289 e. The number of sulfonamides is 1. The van der Waals surface area contributed by atoms with Crippen LogP contribution in [0.1, 0.15) is 21.7 Å². The smallest absolute Gasteiger partial charge is 0.289 e. The lowest BCUT2D eigenvalue weighted by atomic mass is 10.1. The number of hydrogen-bond donors (Lipinski definition) is 0. The maximum absolute atomic E-state index is 14.0. The van der Waals surface area contributed by atoms with Crippen molar-refractivity contribution in [2.45, 2.75) is 18.7 Å². The average Bonchev–Trinajstić information content (AvgIpc) is 3.06. The van der Waals surface area contributed by atoms with Crippen LogP contribution in [0.3, 0.4) is 0 Å². The fourth-order valence-electron chi connectivity index (χ4n) is 3.55. The Bertz CT molecular complexity index is 1180. The number of carbonyl (C=O) groups excluding carboxylic acids is 1. The van der Waals surface area contributed by atoms with E-state index in [0.717, 1.165) is 5.56 Å². The molecular formula is C21H21FN2O4S. The molecule has 1 aliphatic heterocycles. The number of amides is 1. The van der Waals surface area contributed by atoms with Crippen molar-refractivity contribution >= 4 is 26.9 Å². The van der Waals surface area contributed by atoms with Gasteiger partial charge >= 0.3 is 0 Å². The molecule has 2 aromatic carbocycles. The number of aryl methyl sites for hydroxylation is 2. The van der Waals surface area contributed by atoms with Gasteiger partial charge in [-0.05, 0) is 32.0 Å². The molecule has 6 nitrogen and oxygen atoms in total. The van der Waals surface area contributed by atoms with Crippen LogP contribution in [0.15, 0.2) is 51.8 Å². The van der Waals surface area contributed by atoms with Gasteiger partial charge in [-0.3, -0.25) is 4.79 Å². The van der Waals surface area contributed by atoms with E-state index in [0.29, 0.717) is 10.9 Å². The number of fused-ring (bicyclic) bond motifs is 1. The first-order valence-electron chi connectivity index (χ1n) is 9.33. The summed E-state index contributed by atoms with van der Waals surface area (Å²) < 4.78 is 46.5. The number of piperazine rings is 1. The van der Waals surface area contributed by atoms with Crippen LogP contribution in [0.5, 0.6) is 0 Å². The zero-order valence-corrected chi connectivity index (χ0v) is 17.0. The van der Waals surface area contributed by atoms with Crippen LogP contribution in [0.25, 0.3) is 11.0 Å². The molecule has 8 heteroatoms. The molecule has 0 atom stereocenters. The van der Waals surface area contributed by atoms with Gasteiger partial charge in [0.25, 0.3) is 5.91 Å². The summed E-state index contributed by atoms with van der Waals surface area (Å²) in [7, 11) is -3.60. The van der Waals surface area contributed by atoms with Crippen LogP contribution in [-0.2, 0) is 10.0 Å². The first kappa shape index (κ1) is 19.6. The molecular weight excluding hydrogens is 395 g/mol. The van der Waals surface area contributed by atoms with E-state index in [1.807, 2.05) is 6.92 Å². The van der Waals surface area contributed by atoms with E-state index in [1.54, 1.807) is 48.2 Å². The van der Waals surface area contributed by atoms with Crippen molar-refractivity contribution in [2.24, 2.45) is 0 Å². The van der Waals surface area contributed by atoms with E-state index >= 15 is 0 Å². The fourth-order valence-corrected chi connectivity index (χ4v) is 4.97. The van der Waals surface area contributed by atoms with Crippen molar-refractivity contribution in [2.75, 3.05) is 26.2 Å². The van der Waals surface area contributed by atoms with Crippen LogP contribution < -0.4 is 0 Å². The minimum absolute atomic E-state index is 0.0638. The summed E-state index contributed by atoms with van der Waals surface area (Å²) in [6.45, 7) is 4.47. The Balaban J connectivity index is 1.51. The van der Waals surface area contributed by atoms with Crippen LogP contribution in [0.2, 0.25) is 0 Å². The summed E-state index contributed by atoms with van der Waals surface area (Å²) in [5, 5.41) is 0.564. The second-order valence-corrected chi connectivity index (χ2v) is 9.12. The Morgan fingerprint density at radius 3 is 2.28 bits per heavy atom. The average molecular weight is 416 g/mol. The molecule has 1 aliphatic rings. The Hall–Kier alpha value is -2.71. The predicted molar refractivity (Wildman–Crippen MR) is 107 cm³/mol. The Kier molecular flexibility index (Phi) is 4.92. The summed E-state index contributed by atoms with van der Waals surface area (Å²) in [6.07, 6.45) is 0. The molecule has 152 valence electrons. The lowest BCUT2D eigenvalue weighted by molar-refractivity contribution is 0.0667. The van der Waals surface area contributed by atoms with E-state index in [-0.39, 0.29) is 48.3 Å². The molecule has 4 rings (SSSR count). The van der Waals surface area contributed by atoms with Crippen LogP contribution >= 0.6 is 0 Å². The Morgan fingerprint density at radius 1 is 1.00 bits per heavy atom. The van der Waals surface area contributed by atoms with Gasteiger partial charge in [-0.25, -0.2) is 12.8 Å². The summed E-state index contributed by atoms with van der Waals surface area (Å²) >= 11 is 0. The summed E-state index contributed by atoms with van der Waals surface area (Å²) in [6, 6.07) is 11.3. The number of carbonyl (C=O) groups is 1. The maximum atomic E-state index is 14.0. The highest BCUT2D eigenvalue weighted by molar-refractivity contribution is 7.89. The highest BCUT2D eigenvalue weighted by Crippen LogP contribution is 2.28. The summed E-state index contributed by atoms with van der Waals surface area (Å²) in [5.74, 6) is -0.774. The lowest BCUT2D eigenvalue weighted by Gasteiger charge is -2.33. The largest absolute Gasteiger partial charge is 0.448 e. The topological polar surface area (TPSA) is 70.8 Å². The van der Waals surface area contributed by atoms with Crippen LogP contribution in [0.4, 0.5) is 4.39 Å². The SMILES string of the molecule is Cc1ccc(S(=O)(=O)N2CCN(C(=O)c3oc4c(F)cccc4c3C)CC2)cc1. The molecule has 2 heterocycles. The number of furan rings is 1. The molecule has 1 aromatic heterocycles. The molecule has 0 unspecified atom stereocenters. The number of nitrogens with zero attached hydrogens (tertiary/aromatic N) is 2. The van der Waals surface area contributed by atoms with Gasteiger partial charge in [0.1, 0.15) is 0 Å². The van der Waals surface area contributed by atoms with Gasteiger partial charge < -0.3 is 9.32 Å². The normalized spacial score (nSPS) is 15.8. The number of benzene rings is 2. The molecule has 0 N–H and O–H groups in total. The van der Waals surface area contributed by atoms with Crippen molar-refractivity contribution in [1.29, 1.82) is 0 Å². The molecule has 1 amide bonds. The van der Waals surface area contributed by atoms with E-state index in [4.69, 9.17) is 4.42 Å². The molecule has 1 saturated heterocycles. The van der Waals surface area contributed by atoms with Gasteiger partial charge in [-0.15, -0.1) is 0 Å². The zero-order valence-electron chi connectivity index (χ0n) is 16.2. The molecule has 0 radical (unpaired) electrons. The second-order valence-electron chi connectivity index (χ2n) is 7.18. The van der Waals surface area contributed by atoms with Crippen LogP contribution in [0, 0.1) is 19.7 Å². The van der Waals surface area contributed by atoms with Crippen molar-refractivity contribution in [1.82, 2.24) is 9.21 Å². The first-order valence-corrected chi connectivity index (χ1v) is 10.8. The monoisotopic (exact) mass is 416 g/mol. The van der Waals surface area contributed by atoms with Gasteiger partial charge in [-0.2, -0.15) is 4.31 Å². The summed E-state index contributed by atoms with van der Waals surface area (Å²) in [5.41, 5.74) is 1.63. The molecule has 0 spiro atoms. The molecule has 29 heavy (non-hydrogen) atoms. The highest BCUT2D eigenvalue weighted by Gasteiger charge is 2.32. The molecule has 1 fully saturated rings. The third-order valence-electron chi connectivity index (χ3n) is 5.29. The molecule has 0 bridgehead atoms. The van der Waals surface area contributed by atoms with E-state index in [2.05, 4.69) is 0 Å². The number of para-hydroxylation sites is 1. The molecule has 3 aromatic rings. The predicted octanol–water partition coefficient (Wildman–Crippen LogP) is 3.34. The number of halogens is 1. The quantitative estimate of drug-likeness (QED) is 0.657. The van der Waals surface area contributed by atoms with Crippen molar-refractivity contribution in [3.63, 3.8) is 0 Å². The van der Waals surface area contributed by atoms with Crippen molar-refractivity contribution in [3.05, 3.63) is 65.2 Å². The van der Waals surface area contributed by atoms with Crippen molar-refractivity contribution < 1.29 is 22.0 Å². The minimum Gasteiger partial charge on any atom is -0.448 e. The minimum atomic E-state index is -3.60. The second kappa shape index (κ2) is 7.27. The van der Waals surface area contributed by atoms with Gasteiger partial charge in [-0.1, -0.05) is 29.8 Å². The Morgan fingerprint density at radius 2 is 1.66 bits per heavy atom. The molecule has 0 aliphatic carbocycles. The standard InChI is InChI=1S/C21H21FN2O4S/c1-14-6-8-16(9-7-14)29(26,27)24-12-10-23(11-13-24)21(25)19-15(2)17-4-3-5-18(22)20(17)28-19/h3-9H,10-13H2,1-2H3. The van der Waals surface area contributed by atoms with Crippen molar-refractivity contribution in [3.8, 4) is 0 Å². The first-order chi connectivity index (χ1) is 13.8. The number of hydrogen-bond acceptors (Lipinski definition) is 4. The van der Waals surface area contributed by atoms with Gasteiger partial charge in [0, 0.05) is 37.1 Å². The lowest BCUT2D eigenvalue weighted by Crippen LogP contribution is -2.50. The highest BCUT2D eigenvalue weighted by atomic mass is 32.2. The Labute approximate surface area is 168 Å². The molecule has 0 saturated carbocycles. The fraction of sp³-hybridized carbons (Fsp3) is 0.286. The third-order valence-corrected chi connectivity index (χ3v) is 7.21. The van der Waals surface area contributed by atoms with E-state index < -0.39 is 15.8 Å². The van der Waals surface area contributed by atoms with E-state index in [9.17, 15) is 17.6 Å². The van der Waals surface area contributed by atoms with Gasteiger partial charge in [0.15, 0.2) is 17.2 Å². The van der Waals surface area contributed by atoms with Crippen LogP contribution in [-0.4, -0.2) is 49.7 Å². The van der Waals surface area contributed by atoms with Gasteiger partial charge in [0.05, 0.1) is 4.90 Å². The zero-order chi connectivity index (χ0) is 20.8. The number of rotatable bonds is 3. The summed E-state index contributed by atoms with van der Waals surface area (Å²) in [4.78, 5) is 14.7. The van der Waals surface area contributed by atoms with E-state index in [1.165, 1.54) is 10.4 Å².